The second-order valence-electron chi connectivity index (χ2n) is 4.50. The molecule has 0 radical (unpaired) electrons. The molecule has 4 unspecified atom stereocenters. The Bertz CT molecular complexity index is 367. The zero-order valence-corrected chi connectivity index (χ0v) is 7.33. The minimum Gasteiger partial charge on any atom is -0.120 e. The molecule has 4 aliphatic carbocycles. The normalized spacial score (nSPS) is 59.3. The molecule has 0 aromatic heterocycles. The third-order valence-electron chi connectivity index (χ3n) is 4.37. The predicted molar refractivity (Wildman–Crippen MR) is 51.0 cm³/mol. The van der Waals surface area contributed by atoms with Crippen LogP contribution < -0.4 is 0 Å². The van der Waals surface area contributed by atoms with Crippen LogP contribution in [0.3, 0.4) is 0 Å². The summed E-state index contributed by atoms with van der Waals surface area (Å²) in [4.78, 5) is 0. The first-order valence-electron chi connectivity index (χ1n) is 4.70. The van der Waals surface area contributed by atoms with Crippen LogP contribution in [0.1, 0.15) is 6.42 Å². The molecular weight excluding hydrogens is 156 g/mol. The van der Waals surface area contributed by atoms with Crippen LogP contribution >= 0.6 is 0 Å². The SMILES string of the molecule is C#CC1C2C3CC1(C#C)C(C#C)C32. The van der Waals surface area contributed by atoms with Gasteiger partial charge >= 0.3 is 0 Å². The van der Waals surface area contributed by atoms with Crippen molar-refractivity contribution in [1.29, 1.82) is 0 Å². The smallest absolute Gasteiger partial charge is 0.0594 e. The Hall–Kier alpha value is -1.32. The average molecular weight is 166 g/mol. The molecule has 4 rings (SSSR count). The molecule has 4 fully saturated rings. The molecule has 13 heavy (non-hydrogen) atoms. The number of hydrogen-bond donors (Lipinski definition) is 0. The summed E-state index contributed by atoms with van der Waals surface area (Å²) in [6.45, 7) is 0. The van der Waals surface area contributed by atoms with Gasteiger partial charge in [0, 0.05) is 11.8 Å². The van der Waals surface area contributed by atoms with Crippen molar-refractivity contribution >= 4 is 0 Å². The molecule has 0 nitrogen and oxygen atoms in total. The Labute approximate surface area is 79.1 Å². The van der Waals surface area contributed by atoms with E-state index in [9.17, 15) is 0 Å². The van der Waals surface area contributed by atoms with E-state index < -0.39 is 0 Å². The van der Waals surface area contributed by atoms with Gasteiger partial charge in [0.15, 0.2) is 0 Å². The van der Waals surface area contributed by atoms with Gasteiger partial charge in [0.2, 0.25) is 0 Å². The van der Waals surface area contributed by atoms with Crippen LogP contribution in [0.25, 0.3) is 0 Å². The maximum Gasteiger partial charge on any atom is 0.0594 e. The molecule has 4 aliphatic rings. The molecule has 0 aliphatic heterocycles. The van der Waals surface area contributed by atoms with E-state index in [4.69, 9.17) is 19.3 Å². The molecule has 0 aromatic carbocycles. The molecule has 4 atom stereocenters. The quantitative estimate of drug-likeness (QED) is 0.477. The molecule has 62 valence electrons. The van der Waals surface area contributed by atoms with Gasteiger partial charge in [-0.05, 0) is 24.2 Å². The van der Waals surface area contributed by atoms with Gasteiger partial charge in [0.1, 0.15) is 0 Å². The van der Waals surface area contributed by atoms with E-state index in [2.05, 4.69) is 17.8 Å². The van der Waals surface area contributed by atoms with Gasteiger partial charge in [-0.2, -0.15) is 0 Å². The Morgan fingerprint density at radius 3 is 1.92 bits per heavy atom. The van der Waals surface area contributed by atoms with Crippen molar-refractivity contribution in [3.63, 3.8) is 0 Å². The first-order chi connectivity index (χ1) is 6.30. The average Bonchev–Trinajstić information content (AvgIpc) is 2.60. The maximum absolute atomic E-state index is 5.61. The first-order valence-corrected chi connectivity index (χ1v) is 4.70. The molecule has 0 heterocycles. The second-order valence-corrected chi connectivity index (χ2v) is 4.50. The summed E-state index contributed by atoms with van der Waals surface area (Å²) in [5.41, 5.74) is -0.122. The lowest BCUT2D eigenvalue weighted by Crippen LogP contribution is -2.25. The van der Waals surface area contributed by atoms with Gasteiger partial charge in [-0.3, -0.25) is 0 Å². The highest BCUT2D eigenvalue weighted by Crippen LogP contribution is 2.80. The Morgan fingerprint density at radius 2 is 1.54 bits per heavy atom. The standard InChI is InChI=1S/C13H10/c1-4-9-11-8-7-13(9,6-3)10(5-2)12(8)11/h1-3,8-12H,7H2. The van der Waals surface area contributed by atoms with Crippen molar-refractivity contribution in [2.75, 3.05) is 0 Å². The largest absolute Gasteiger partial charge is 0.120 e. The lowest BCUT2D eigenvalue weighted by Gasteiger charge is -2.25. The van der Waals surface area contributed by atoms with Crippen LogP contribution in [0, 0.1) is 72.0 Å². The van der Waals surface area contributed by atoms with Crippen LogP contribution in [0.2, 0.25) is 0 Å². The van der Waals surface area contributed by atoms with E-state index in [-0.39, 0.29) is 17.3 Å². The van der Waals surface area contributed by atoms with Crippen LogP contribution in [-0.4, -0.2) is 0 Å². The molecule has 0 aromatic rings. The van der Waals surface area contributed by atoms with E-state index >= 15 is 0 Å². The van der Waals surface area contributed by atoms with Crippen LogP contribution in [0.5, 0.6) is 0 Å². The van der Waals surface area contributed by atoms with Crippen molar-refractivity contribution in [1.82, 2.24) is 0 Å². The minimum atomic E-state index is -0.122. The minimum absolute atomic E-state index is 0.122. The summed E-state index contributed by atoms with van der Waals surface area (Å²) in [5.74, 6) is 11.3. The van der Waals surface area contributed by atoms with Gasteiger partial charge in [-0.1, -0.05) is 5.92 Å². The van der Waals surface area contributed by atoms with Crippen LogP contribution in [0.4, 0.5) is 0 Å². The first kappa shape index (κ1) is 7.12. The number of terminal acetylenes is 3. The highest BCUT2D eigenvalue weighted by molar-refractivity contribution is 5.41. The van der Waals surface area contributed by atoms with E-state index in [0.29, 0.717) is 11.8 Å². The third-order valence-corrected chi connectivity index (χ3v) is 4.37. The Balaban J connectivity index is 2.15. The lowest BCUT2D eigenvalue weighted by atomic mass is 9.75. The number of hydrogen-bond acceptors (Lipinski definition) is 0. The zero-order chi connectivity index (χ0) is 9.22. The third kappa shape index (κ3) is 0.486. The summed E-state index contributed by atoms with van der Waals surface area (Å²) in [7, 11) is 0. The fraction of sp³-hybridized carbons (Fsp3) is 0.538. The maximum atomic E-state index is 5.61. The van der Waals surface area contributed by atoms with Crippen molar-refractivity contribution in [2.45, 2.75) is 6.42 Å². The van der Waals surface area contributed by atoms with E-state index in [1.54, 1.807) is 0 Å². The summed E-state index contributed by atoms with van der Waals surface area (Å²) in [6, 6.07) is 0. The summed E-state index contributed by atoms with van der Waals surface area (Å²) in [6.07, 6.45) is 17.8. The summed E-state index contributed by atoms with van der Waals surface area (Å²) in [5, 5.41) is 0. The van der Waals surface area contributed by atoms with Crippen LogP contribution in [0.15, 0.2) is 0 Å². The lowest BCUT2D eigenvalue weighted by molar-refractivity contribution is 0.337. The molecule has 0 saturated heterocycles. The molecule has 0 N–H and O–H groups in total. The topological polar surface area (TPSA) is 0 Å². The van der Waals surface area contributed by atoms with E-state index in [1.165, 1.54) is 0 Å². The summed E-state index contributed by atoms with van der Waals surface area (Å²) < 4.78 is 0. The molecule has 0 amide bonds. The monoisotopic (exact) mass is 166 g/mol. The second kappa shape index (κ2) is 1.78. The van der Waals surface area contributed by atoms with Gasteiger partial charge in [0.25, 0.3) is 0 Å². The fourth-order valence-electron chi connectivity index (χ4n) is 3.92. The van der Waals surface area contributed by atoms with Gasteiger partial charge in [0.05, 0.1) is 5.41 Å². The highest BCUT2D eigenvalue weighted by atomic mass is 14.8. The zero-order valence-electron chi connectivity index (χ0n) is 7.33. The van der Waals surface area contributed by atoms with E-state index in [1.807, 2.05) is 0 Å². The van der Waals surface area contributed by atoms with Crippen molar-refractivity contribution in [3.8, 4) is 37.0 Å². The Kier molecular flexibility index (Phi) is 0.977. The van der Waals surface area contributed by atoms with Gasteiger partial charge in [-0.15, -0.1) is 31.1 Å². The van der Waals surface area contributed by atoms with Crippen LogP contribution in [-0.2, 0) is 0 Å². The molecule has 0 spiro atoms. The Morgan fingerprint density at radius 1 is 1.00 bits per heavy atom. The fourth-order valence-corrected chi connectivity index (χ4v) is 3.92. The molecular formula is C13H10. The molecule has 4 saturated carbocycles. The van der Waals surface area contributed by atoms with Gasteiger partial charge in [-0.25, -0.2) is 0 Å². The number of rotatable bonds is 0. The summed E-state index contributed by atoms with van der Waals surface area (Å²) >= 11 is 0. The molecule has 0 heteroatoms. The van der Waals surface area contributed by atoms with Gasteiger partial charge < -0.3 is 0 Å². The van der Waals surface area contributed by atoms with Crippen molar-refractivity contribution in [2.24, 2.45) is 35.0 Å². The molecule has 4 bridgehead atoms. The highest BCUT2D eigenvalue weighted by Gasteiger charge is 2.79. The predicted octanol–water partition coefficient (Wildman–Crippen LogP) is 1.38. The van der Waals surface area contributed by atoms with Crippen molar-refractivity contribution < 1.29 is 0 Å². The van der Waals surface area contributed by atoms with E-state index in [0.717, 1.165) is 12.3 Å². The van der Waals surface area contributed by atoms with Crippen molar-refractivity contribution in [3.05, 3.63) is 0 Å².